The molecule has 2 aromatic heterocycles. The molecule has 0 spiro atoms. The standard InChI is InChI=1S/C17H21N5O3/c1-13-10-15(24-2)20-17(19-13)22-8-6-21(7-9-22)16(23)12-25-14-4-3-5-18-11-14/h3-5,10-11H,6-9,12H2,1-2H3. The quantitative estimate of drug-likeness (QED) is 0.798. The minimum Gasteiger partial charge on any atom is -0.482 e. The number of hydrogen-bond donors (Lipinski definition) is 0. The lowest BCUT2D eigenvalue weighted by molar-refractivity contribution is -0.133. The van der Waals surface area contributed by atoms with Gasteiger partial charge in [-0.15, -0.1) is 0 Å². The predicted molar refractivity (Wildman–Crippen MR) is 91.8 cm³/mol. The maximum Gasteiger partial charge on any atom is 0.260 e. The van der Waals surface area contributed by atoms with E-state index in [1.165, 1.54) is 0 Å². The molecule has 0 aliphatic carbocycles. The molecule has 1 fully saturated rings. The summed E-state index contributed by atoms with van der Waals surface area (Å²) in [5.74, 6) is 1.74. The average Bonchev–Trinajstić information content (AvgIpc) is 2.66. The molecule has 1 saturated heterocycles. The van der Waals surface area contributed by atoms with Crippen LogP contribution in [-0.4, -0.2) is 65.7 Å². The molecule has 132 valence electrons. The molecule has 2 aromatic rings. The Kier molecular flexibility index (Phi) is 5.27. The molecule has 0 N–H and O–H groups in total. The van der Waals surface area contributed by atoms with Crippen molar-refractivity contribution in [3.8, 4) is 11.6 Å². The summed E-state index contributed by atoms with van der Waals surface area (Å²) >= 11 is 0. The SMILES string of the molecule is COc1cc(C)nc(N2CCN(C(=O)COc3cccnc3)CC2)n1. The van der Waals surface area contributed by atoms with Crippen LogP contribution >= 0.6 is 0 Å². The highest BCUT2D eigenvalue weighted by Gasteiger charge is 2.23. The second-order valence-corrected chi connectivity index (χ2v) is 5.70. The van der Waals surface area contributed by atoms with Crippen LogP contribution in [0.25, 0.3) is 0 Å². The smallest absolute Gasteiger partial charge is 0.260 e. The fraction of sp³-hybridized carbons (Fsp3) is 0.412. The van der Waals surface area contributed by atoms with Crippen LogP contribution in [0.15, 0.2) is 30.6 Å². The number of carbonyl (C=O) groups is 1. The summed E-state index contributed by atoms with van der Waals surface area (Å²) in [6, 6.07) is 5.34. The zero-order chi connectivity index (χ0) is 17.6. The van der Waals surface area contributed by atoms with Crippen LogP contribution in [0.5, 0.6) is 11.6 Å². The number of amides is 1. The van der Waals surface area contributed by atoms with Crippen molar-refractivity contribution in [2.24, 2.45) is 0 Å². The van der Waals surface area contributed by atoms with E-state index in [1.807, 2.05) is 6.92 Å². The molecule has 8 heteroatoms. The molecule has 0 saturated carbocycles. The Bertz CT molecular complexity index is 717. The van der Waals surface area contributed by atoms with Crippen LogP contribution in [0, 0.1) is 6.92 Å². The summed E-state index contributed by atoms with van der Waals surface area (Å²) in [6.07, 6.45) is 3.25. The van der Waals surface area contributed by atoms with Crippen molar-refractivity contribution in [2.75, 3.05) is 44.8 Å². The van der Waals surface area contributed by atoms with Crippen LogP contribution in [0.4, 0.5) is 5.95 Å². The summed E-state index contributed by atoms with van der Waals surface area (Å²) in [7, 11) is 1.59. The summed E-state index contributed by atoms with van der Waals surface area (Å²) in [5.41, 5.74) is 0.852. The van der Waals surface area contributed by atoms with E-state index >= 15 is 0 Å². The maximum atomic E-state index is 12.3. The molecule has 0 bridgehead atoms. The van der Waals surface area contributed by atoms with Crippen molar-refractivity contribution in [2.45, 2.75) is 6.92 Å². The second-order valence-electron chi connectivity index (χ2n) is 5.70. The number of methoxy groups -OCH3 is 1. The number of aromatic nitrogens is 3. The molecular weight excluding hydrogens is 322 g/mol. The molecule has 8 nitrogen and oxygen atoms in total. The molecular formula is C17H21N5O3. The van der Waals surface area contributed by atoms with Crippen molar-refractivity contribution >= 4 is 11.9 Å². The second kappa shape index (κ2) is 7.78. The summed E-state index contributed by atoms with van der Waals surface area (Å²) in [5, 5.41) is 0. The van der Waals surface area contributed by atoms with Crippen molar-refractivity contribution in [1.29, 1.82) is 0 Å². The number of pyridine rings is 1. The third kappa shape index (κ3) is 4.34. The molecule has 1 aliphatic rings. The number of nitrogens with zero attached hydrogens (tertiary/aromatic N) is 5. The summed E-state index contributed by atoms with van der Waals surface area (Å²) in [6.45, 7) is 4.48. The number of carbonyl (C=O) groups excluding carboxylic acids is 1. The van der Waals surface area contributed by atoms with Crippen LogP contribution < -0.4 is 14.4 Å². The van der Waals surface area contributed by atoms with Gasteiger partial charge in [-0.2, -0.15) is 4.98 Å². The van der Waals surface area contributed by atoms with E-state index in [0.717, 1.165) is 5.69 Å². The topological polar surface area (TPSA) is 80.7 Å². The van der Waals surface area contributed by atoms with Gasteiger partial charge in [0.2, 0.25) is 11.8 Å². The zero-order valence-corrected chi connectivity index (χ0v) is 14.4. The highest BCUT2D eigenvalue weighted by atomic mass is 16.5. The molecule has 0 radical (unpaired) electrons. The number of aryl methyl sites for hydroxylation is 1. The Labute approximate surface area is 146 Å². The molecule has 3 heterocycles. The van der Waals surface area contributed by atoms with Crippen LogP contribution in [0.2, 0.25) is 0 Å². The molecule has 1 aliphatic heterocycles. The maximum absolute atomic E-state index is 12.3. The van der Waals surface area contributed by atoms with Crippen molar-refractivity contribution in [1.82, 2.24) is 19.9 Å². The highest BCUT2D eigenvalue weighted by molar-refractivity contribution is 5.78. The molecule has 0 unspecified atom stereocenters. The first kappa shape index (κ1) is 16.9. The predicted octanol–water partition coefficient (Wildman–Crippen LogP) is 0.916. The summed E-state index contributed by atoms with van der Waals surface area (Å²) in [4.78, 5) is 28.9. The fourth-order valence-electron chi connectivity index (χ4n) is 2.60. The lowest BCUT2D eigenvalue weighted by Gasteiger charge is -2.34. The molecule has 0 atom stereocenters. The number of hydrogen-bond acceptors (Lipinski definition) is 7. The van der Waals surface area contributed by atoms with E-state index in [0.29, 0.717) is 43.8 Å². The highest BCUT2D eigenvalue weighted by Crippen LogP contribution is 2.17. The lowest BCUT2D eigenvalue weighted by Crippen LogP contribution is -2.50. The van der Waals surface area contributed by atoms with Crippen molar-refractivity contribution < 1.29 is 14.3 Å². The Morgan fingerprint density at radius 3 is 2.72 bits per heavy atom. The first-order chi connectivity index (χ1) is 12.2. The third-order valence-corrected chi connectivity index (χ3v) is 3.94. The van der Waals surface area contributed by atoms with Crippen LogP contribution in [0.3, 0.4) is 0 Å². The van der Waals surface area contributed by atoms with E-state index in [4.69, 9.17) is 9.47 Å². The Morgan fingerprint density at radius 1 is 1.24 bits per heavy atom. The van der Waals surface area contributed by atoms with Gasteiger partial charge in [-0.3, -0.25) is 9.78 Å². The summed E-state index contributed by atoms with van der Waals surface area (Å²) < 4.78 is 10.7. The Morgan fingerprint density at radius 2 is 2.04 bits per heavy atom. The largest absolute Gasteiger partial charge is 0.482 e. The zero-order valence-electron chi connectivity index (χ0n) is 14.4. The van der Waals surface area contributed by atoms with Crippen molar-refractivity contribution in [3.05, 3.63) is 36.3 Å². The number of anilines is 1. The van der Waals surface area contributed by atoms with Gasteiger partial charge in [0, 0.05) is 44.1 Å². The van der Waals surface area contributed by atoms with Gasteiger partial charge >= 0.3 is 0 Å². The Hall–Kier alpha value is -2.90. The van der Waals surface area contributed by atoms with Gasteiger partial charge in [-0.05, 0) is 19.1 Å². The van der Waals surface area contributed by atoms with Crippen LogP contribution in [0.1, 0.15) is 5.69 Å². The van der Waals surface area contributed by atoms with E-state index in [9.17, 15) is 4.79 Å². The number of piperazine rings is 1. The minimum absolute atomic E-state index is 0.0143. The normalized spacial score (nSPS) is 14.3. The van der Waals surface area contributed by atoms with E-state index in [1.54, 1.807) is 42.6 Å². The van der Waals surface area contributed by atoms with Gasteiger partial charge < -0.3 is 19.3 Å². The van der Waals surface area contributed by atoms with Gasteiger partial charge in [0.1, 0.15) is 5.75 Å². The molecule has 3 rings (SSSR count). The van der Waals surface area contributed by atoms with Crippen LogP contribution in [-0.2, 0) is 4.79 Å². The molecule has 25 heavy (non-hydrogen) atoms. The first-order valence-electron chi connectivity index (χ1n) is 8.11. The number of ether oxygens (including phenoxy) is 2. The lowest BCUT2D eigenvalue weighted by atomic mass is 10.3. The molecule has 0 aromatic carbocycles. The minimum atomic E-state index is -0.0359. The Balaban J connectivity index is 1.53. The van der Waals surface area contributed by atoms with Gasteiger partial charge in [-0.1, -0.05) is 0 Å². The van der Waals surface area contributed by atoms with E-state index < -0.39 is 0 Å². The van der Waals surface area contributed by atoms with E-state index in [2.05, 4.69) is 19.9 Å². The van der Waals surface area contributed by atoms with Crippen molar-refractivity contribution in [3.63, 3.8) is 0 Å². The van der Waals surface area contributed by atoms with Gasteiger partial charge in [-0.25, -0.2) is 4.98 Å². The monoisotopic (exact) mass is 343 g/mol. The third-order valence-electron chi connectivity index (χ3n) is 3.94. The fourth-order valence-corrected chi connectivity index (χ4v) is 2.60. The van der Waals surface area contributed by atoms with E-state index in [-0.39, 0.29) is 12.5 Å². The van der Waals surface area contributed by atoms with Gasteiger partial charge in [0.25, 0.3) is 5.91 Å². The van der Waals surface area contributed by atoms with Gasteiger partial charge in [0.15, 0.2) is 6.61 Å². The molecule has 1 amide bonds. The first-order valence-corrected chi connectivity index (χ1v) is 8.11. The van der Waals surface area contributed by atoms with Gasteiger partial charge in [0.05, 0.1) is 13.3 Å². The number of rotatable bonds is 5. The average molecular weight is 343 g/mol.